The van der Waals surface area contributed by atoms with Crippen molar-refractivity contribution in [3.63, 3.8) is 0 Å². The number of carbonyl (C=O) groups excluding carboxylic acids is 1. The van der Waals surface area contributed by atoms with Gasteiger partial charge in [-0.1, -0.05) is 0 Å². The van der Waals surface area contributed by atoms with Gasteiger partial charge in [0.1, 0.15) is 0 Å². The molecule has 19 heavy (non-hydrogen) atoms. The Kier molecular flexibility index (Phi) is 3.86. The van der Waals surface area contributed by atoms with Gasteiger partial charge < -0.3 is 13.9 Å². The van der Waals surface area contributed by atoms with Gasteiger partial charge in [-0.15, -0.1) is 0 Å². The number of anilines is 1. The van der Waals surface area contributed by atoms with Gasteiger partial charge in [-0.3, -0.25) is 10.1 Å². The second-order valence-corrected chi connectivity index (χ2v) is 3.71. The van der Waals surface area contributed by atoms with Crippen LogP contribution >= 0.6 is 11.6 Å². The van der Waals surface area contributed by atoms with Crippen molar-refractivity contribution in [1.29, 1.82) is 0 Å². The summed E-state index contributed by atoms with van der Waals surface area (Å²) in [5.74, 6) is 0.0885. The minimum Gasteiger partial charge on any atom is -0.481 e. The van der Waals surface area contributed by atoms with Crippen molar-refractivity contribution in [2.24, 2.45) is 0 Å². The second kappa shape index (κ2) is 5.57. The SMILES string of the molecule is COc1cc(OC)nc(NC(=O)c2ccc(Cl)o2)n1. The normalized spacial score (nSPS) is 10.1. The number of rotatable bonds is 4. The summed E-state index contributed by atoms with van der Waals surface area (Å²) in [5, 5.41) is 2.57. The molecule has 0 spiro atoms. The molecule has 0 atom stereocenters. The van der Waals surface area contributed by atoms with Crippen LogP contribution in [0.2, 0.25) is 5.22 Å². The maximum Gasteiger partial charge on any atom is 0.293 e. The molecule has 0 saturated carbocycles. The molecule has 2 rings (SSSR count). The number of hydrogen-bond acceptors (Lipinski definition) is 6. The van der Waals surface area contributed by atoms with Gasteiger partial charge in [-0.25, -0.2) is 0 Å². The number of nitrogens with zero attached hydrogens (tertiary/aromatic N) is 2. The quantitative estimate of drug-likeness (QED) is 0.923. The van der Waals surface area contributed by atoms with E-state index in [1.54, 1.807) is 0 Å². The van der Waals surface area contributed by atoms with Crippen LogP contribution in [0.3, 0.4) is 0 Å². The highest BCUT2D eigenvalue weighted by atomic mass is 35.5. The van der Waals surface area contributed by atoms with Gasteiger partial charge in [0, 0.05) is 0 Å². The minimum atomic E-state index is -0.526. The third-order valence-electron chi connectivity index (χ3n) is 2.12. The molecule has 0 bridgehead atoms. The van der Waals surface area contributed by atoms with E-state index in [-0.39, 0.29) is 28.7 Å². The molecular weight excluding hydrogens is 274 g/mol. The molecule has 0 aliphatic carbocycles. The first-order valence-electron chi connectivity index (χ1n) is 5.16. The number of ether oxygens (including phenoxy) is 2. The summed E-state index contributed by atoms with van der Waals surface area (Å²) in [6, 6.07) is 4.39. The van der Waals surface area contributed by atoms with Crippen LogP contribution < -0.4 is 14.8 Å². The summed E-state index contributed by atoms with van der Waals surface area (Å²) in [6.45, 7) is 0. The van der Waals surface area contributed by atoms with E-state index < -0.39 is 5.91 Å². The molecule has 7 nitrogen and oxygen atoms in total. The molecule has 8 heteroatoms. The average molecular weight is 284 g/mol. The zero-order valence-corrected chi connectivity index (χ0v) is 10.9. The van der Waals surface area contributed by atoms with Crippen molar-refractivity contribution < 1.29 is 18.7 Å². The van der Waals surface area contributed by atoms with Crippen LogP contribution in [0.5, 0.6) is 11.8 Å². The number of amides is 1. The first-order chi connectivity index (χ1) is 9.12. The number of furan rings is 1. The van der Waals surface area contributed by atoms with E-state index in [0.29, 0.717) is 0 Å². The summed E-state index contributed by atoms with van der Waals surface area (Å²) >= 11 is 5.58. The van der Waals surface area contributed by atoms with Crippen LogP contribution in [0, 0.1) is 0 Å². The van der Waals surface area contributed by atoms with E-state index >= 15 is 0 Å². The first-order valence-corrected chi connectivity index (χ1v) is 5.54. The molecule has 0 radical (unpaired) electrons. The molecular formula is C11H10ClN3O4. The molecule has 2 aromatic heterocycles. The fourth-order valence-corrected chi connectivity index (χ4v) is 1.41. The lowest BCUT2D eigenvalue weighted by Crippen LogP contribution is -2.14. The Morgan fingerprint density at radius 3 is 2.37 bits per heavy atom. The number of nitrogens with one attached hydrogen (secondary N) is 1. The maximum absolute atomic E-state index is 11.8. The first kappa shape index (κ1) is 13.2. The Morgan fingerprint density at radius 1 is 1.26 bits per heavy atom. The number of aromatic nitrogens is 2. The molecule has 0 fully saturated rings. The Morgan fingerprint density at radius 2 is 1.89 bits per heavy atom. The Bertz CT molecular complexity index is 577. The van der Waals surface area contributed by atoms with Gasteiger partial charge in [0.05, 0.1) is 20.3 Å². The summed E-state index contributed by atoms with van der Waals surface area (Å²) in [6.07, 6.45) is 0. The third kappa shape index (κ3) is 3.14. The summed E-state index contributed by atoms with van der Waals surface area (Å²) in [4.78, 5) is 19.7. The molecule has 1 N–H and O–H groups in total. The monoisotopic (exact) mass is 283 g/mol. The predicted octanol–water partition coefficient (Wildman–Crippen LogP) is 1.99. The molecule has 2 heterocycles. The van der Waals surface area contributed by atoms with Crippen molar-refractivity contribution in [2.75, 3.05) is 19.5 Å². The highest BCUT2D eigenvalue weighted by Gasteiger charge is 2.14. The predicted molar refractivity (Wildman–Crippen MR) is 66.8 cm³/mol. The largest absolute Gasteiger partial charge is 0.481 e. The third-order valence-corrected chi connectivity index (χ3v) is 2.32. The minimum absolute atomic E-state index is 0.0359. The molecule has 0 unspecified atom stereocenters. The van der Waals surface area contributed by atoms with Crippen LogP contribution in [-0.2, 0) is 0 Å². The van der Waals surface area contributed by atoms with E-state index in [2.05, 4.69) is 15.3 Å². The fourth-order valence-electron chi connectivity index (χ4n) is 1.27. The van der Waals surface area contributed by atoms with Crippen molar-refractivity contribution in [3.8, 4) is 11.8 Å². The Labute approximate surface area is 113 Å². The lowest BCUT2D eigenvalue weighted by molar-refractivity contribution is 0.0996. The molecule has 2 aromatic rings. The zero-order chi connectivity index (χ0) is 13.8. The highest BCUT2D eigenvalue weighted by molar-refractivity contribution is 6.29. The van der Waals surface area contributed by atoms with Gasteiger partial charge in [-0.2, -0.15) is 9.97 Å². The average Bonchev–Trinajstić information content (AvgIpc) is 2.85. The summed E-state index contributed by atoms with van der Waals surface area (Å²) in [5.41, 5.74) is 0. The van der Waals surface area contributed by atoms with Gasteiger partial charge in [0.25, 0.3) is 5.91 Å². The van der Waals surface area contributed by atoms with Crippen LogP contribution in [0.15, 0.2) is 22.6 Å². The molecule has 100 valence electrons. The molecule has 0 aromatic carbocycles. The fraction of sp³-hybridized carbons (Fsp3) is 0.182. The Hall–Kier alpha value is -2.28. The number of methoxy groups -OCH3 is 2. The van der Waals surface area contributed by atoms with E-state index in [1.165, 1.54) is 32.4 Å². The zero-order valence-electron chi connectivity index (χ0n) is 10.1. The van der Waals surface area contributed by atoms with Gasteiger partial charge in [0.15, 0.2) is 11.0 Å². The van der Waals surface area contributed by atoms with E-state index in [1.807, 2.05) is 0 Å². The number of halogens is 1. The standard InChI is InChI=1S/C11H10ClN3O4/c1-17-8-5-9(18-2)14-11(13-8)15-10(16)6-3-4-7(12)19-6/h3-5H,1-2H3,(H,13,14,15,16). The van der Waals surface area contributed by atoms with Gasteiger partial charge >= 0.3 is 0 Å². The summed E-state index contributed by atoms with van der Waals surface area (Å²) < 4.78 is 14.9. The van der Waals surface area contributed by atoms with Crippen molar-refractivity contribution >= 4 is 23.5 Å². The van der Waals surface area contributed by atoms with Crippen molar-refractivity contribution in [2.45, 2.75) is 0 Å². The lowest BCUT2D eigenvalue weighted by Gasteiger charge is -2.06. The maximum atomic E-state index is 11.8. The molecule has 0 aliphatic rings. The second-order valence-electron chi connectivity index (χ2n) is 3.33. The topological polar surface area (TPSA) is 86.5 Å². The summed E-state index contributed by atoms with van der Waals surface area (Å²) in [7, 11) is 2.89. The van der Waals surface area contributed by atoms with Crippen LogP contribution in [-0.4, -0.2) is 30.1 Å². The van der Waals surface area contributed by atoms with Crippen LogP contribution in [0.1, 0.15) is 10.6 Å². The number of hydrogen-bond donors (Lipinski definition) is 1. The van der Waals surface area contributed by atoms with Gasteiger partial charge in [0.2, 0.25) is 17.7 Å². The molecule has 1 amide bonds. The number of carbonyl (C=O) groups is 1. The molecule has 0 saturated heterocycles. The van der Waals surface area contributed by atoms with Crippen molar-refractivity contribution in [1.82, 2.24) is 9.97 Å². The highest BCUT2D eigenvalue weighted by Crippen LogP contribution is 2.19. The lowest BCUT2D eigenvalue weighted by atomic mass is 10.4. The van der Waals surface area contributed by atoms with E-state index in [0.717, 1.165) is 0 Å². The van der Waals surface area contributed by atoms with Crippen LogP contribution in [0.25, 0.3) is 0 Å². The van der Waals surface area contributed by atoms with Crippen molar-refractivity contribution in [3.05, 3.63) is 29.2 Å². The van der Waals surface area contributed by atoms with E-state index in [9.17, 15) is 4.79 Å². The smallest absolute Gasteiger partial charge is 0.293 e. The molecule has 0 aliphatic heterocycles. The van der Waals surface area contributed by atoms with Crippen LogP contribution in [0.4, 0.5) is 5.95 Å². The van der Waals surface area contributed by atoms with Gasteiger partial charge in [-0.05, 0) is 23.7 Å². The Balaban J connectivity index is 2.20. The van der Waals surface area contributed by atoms with E-state index in [4.69, 9.17) is 25.5 Å².